The average Bonchev–Trinajstić information content (AvgIpc) is 2.58. The Bertz CT molecular complexity index is 317. The summed E-state index contributed by atoms with van der Waals surface area (Å²) in [6.45, 7) is 2.21. The Morgan fingerprint density at radius 2 is 2.00 bits per heavy atom. The van der Waals surface area contributed by atoms with Crippen LogP contribution in [0.4, 0.5) is 0 Å². The number of carbonyl (C=O) groups is 2. The van der Waals surface area contributed by atoms with Crippen LogP contribution in [0.5, 0.6) is 0 Å². The second-order valence-corrected chi connectivity index (χ2v) is 5.27. The molecule has 1 saturated carbocycles. The molecule has 1 saturated heterocycles. The van der Waals surface area contributed by atoms with Crippen molar-refractivity contribution in [2.24, 2.45) is 5.92 Å². The summed E-state index contributed by atoms with van der Waals surface area (Å²) in [5, 5.41) is 3.42. The number of likely N-dealkylation sites (tertiary alicyclic amines) is 1. The zero-order valence-corrected chi connectivity index (χ0v) is 10.7. The van der Waals surface area contributed by atoms with Gasteiger partial charge in [-0.15, -0.1) is 0 Å². The van der Waals surface area contributed by atoms with Gasteiger partial charge in [0, 0.05) is 13.1 Å². The van der Waals surface area contributed by atoms with E-state index in [1.165, 1.54) is 24.2 Å². The predicted octanol–water partition coefficient (Wildman–Crippen LogP) is 1.30. The van der Waals surface area contributed by atoms with Crippen molar-refractivity contribution in [3.63, 3.8) is 0 Å². The summed E-state index contributed by atoms with van der Waals surface area (Å²) in [5.74, 6) is 0.546. The highest BCUT2D eigenvalue weighted by Gasteiger charge is 2.38. The normalized spacial score (nSPS) is 34.5. The van der Waals surface area contributed by atoms with Gasteiger partial charge in [-0.25, -0.2) is 0 Å². The van der Waals surface area contributed by atoms with Crippen LogP contribution in [-0.2, 0) is 9.59 Å². The van der Waals surface area contributed by atoms with Crippen molar-refractivity contribution in [2.75, 3.05) is 7.05 Å². The molecule has 0 radical (unpaired) electrons. The Labute approximate surface area is 103 Å². The summed E-state index contributed by atoms with van der Waals surface area (Å²) in [6.07, 6.45) is 6.41. The van der Waals surface area contributed by atoms with Crippen LogP contribution in [0.25, 0.3) is 0 Å². The second kappa shape index (κ2) is 5.17. The Morgan fingerprint density at radius 1 is 1.29 bits per heavy atom. The van der Waals surface area contributed by atoms with Crippen LogP contribution in [0.15, 0.2) is 0 Å². The standard InChI is InChI=1S/C13H22N2O2/c1-3-9-6-4-5-7-10(9)14-11-8-12(16)15(2)13(11)17/h9-11,14H,3-8H2,1-2H3. The van der Waals surface area contributed by atoms with E-state index < -0.39 is 0 Å². The summed E-state index contributed by atoms with van der Waals surface area (Å²) < 4.78 is 0. The summed E-state index contributed by atoms with van der Waals surface area (Å²) in [6, 6.07) is 0.145. The highest BCUT2D eigenvalue weighted by atomic mass is 16.2. The minimum Gasteiger partial charge on any atom is -0.302 e. The third-order valence-electron chi connectivity index (χ3n) is 4.23. The number of rotatable bonds is 3. The van der Waals surface area contributed by atoms with Gasteiger partial charge in [0.25, 0.3) is 0 Å². The van der Waals surface area contributed by atoms with Crippen molar-refractivity contribution >= 4 is 11.8 Å². The van der Waals surface area contributed by atoms with Crippen LogP contribution >= 0.6 is 0 Å². The van der Waals surface area contributed by atoms with E-state index in [9.17, 15) is 9.59 Å². The molecule has 96 valence electrons. The van der Waals surface area contributed by atoms with Gasteiger partial charge in [-0.3, -0.25) is 14.5 Å². The number of amides is 2. The number of nitrogens with zero attached hydrogens (tertiary/aromatic N) is 1. The number of hydrogen-bond acceptors (Lipinski definition) is 3. The Hall–Kier alpha value is -0.900. The highest BCUT2D eigenvalue weighted by Crippen LogP contribution is 2.28. The van der Waals surface area contributed by atoms with E-state index >= 15 is 0 Å². The summed E-state index contributed by atoms with van der Waals surface area (Å²) in [4.78, 5) is 24.5. The number of likely N-dealkylation sites (N-methyl/N-ethyl adjacent to an activating group) is 1. The Morgan fingerprint density at radius 3 is 2.59 bits per heavy atom. The first-order chi connectivity index (χ1) is 8.13. The van der Waals surface area contributed by atoms with Gasteiger partial charge in [0.05, 0.1) is 12.5 Å². The van der Waals surface area contributed by atoms with E-state index in [0.717, 1.165) is 12.8 Å². The fourth-order valence-electron chi connectivity index (χ4n) is 3.06. The lowest BCUT2D eigenvalue weighted by molar-refractivity contribution is -0.137. The maximum atomic E-state index is 11.8. The third kappa shape index (κ3) is 2.51. The minimum atomic E-state index is -0.273. The van der Waals surface area contributed by atoms with E-state index in [-0.39, 0.29) is 17.9 Å². The summed E-state index contributed by atoms with van der Waals surface area (Å²) in [7, 11) is 1.57. The smallest absolute Gasteiger partial charge is 0.246 e. The Balaban J connectivity index is 1.96. The molecule has 2 aliphatic rings. The SMILES string of the molecule is CCC1CCCCC1NC1CC(=O)N(C)C1=O. The van der Waals surface area contributed by atoms with Crippen molar-refractivity contribution in [1.82, 2.24) is 10.2 Å². The largest absolute Gasteiger partial charge is 0.302 e. The monoisotopic (exact) mass is 238 g/mol. The van der Waals surface area contributed by atoms with Gasteiger partial charge in [0.2, 0.25) is 11.8 Å². The highest BCUT2D eigenvalue weighted by molar-refractivity contribution is 6.05. The molecule has 1 N–H and O–H groups in total. The molecule has 0 aromatic rings. The lowest BCUT2D eigenvalue weighted by Crippen LogP contribution is -2.47. The van der Waals surface area contributed by atoms with Gasteiger partial charge in [-0.2, -0.15) is 0 Å². The molecule has 0 bridgehead atoms. The van der Waals surface area contributed by atoms with E-state index in [2.05, 4.69) is 12.2 Å². The molecule has 2 fully saturated rings. The lowest BCUT2D eigenvalue weighted by Gasteiger charge is -2.33. The molecule has 3 unspecified atom stereocenters. The van der Waals surface area contributed by atoms with Crippen LogP contribution in [0, 0.1) is 5.92 Å². The molecule has 0 spiro atoms. The van der Waals surface area contributed by atoms with Crippen molar-refractivity contribution in [1.29, 1.82) is 0 Å². The first-order valence-electron chi connectivity index (χ1n) is 6.70. The van der Waals surface area contributed by atoms with Gasteiger partial charge in [-0.1, -0.05) is 26.2 Å². The summed E-state index contributed by atoms with van der Waals surface area (Å²) in [5.41, 5.74) is 0. The Kier molecular flexibility index (Phi) is 3.82. The zero-order valence-electron chi connectivity index (χ0n) is 10.7. The van der Waals surface area contributed by atoms with Crippen molar-refractivity contribution in [3.8, 4) is 0 Å². The molecule has 0 aromatic carbocycles. The van der Waals surface area contributed by atoms with Crippen molar-refractivity contribution in [2.45, 2.75) is 57.5 Å². The summed E-state index contributed by atoms with van der Waals surface area (Å²) >= 11 is 0. The number of imide groups is 1. The molecule has 1 heterocycles. The van der Waals surface area contributed by atoms with E-state index in [0.29, 0.717) is 18.4 Å². The molecule has 3 atom stereocenters. The molecular weight excluding hydrogens is 216 g/mol. The first kappa shape index (κ1) is 12.6. The van der Waals surface area contributed by atoms with Crippen molar-refractivity contribution in [3.05, 3.63) is 0 Å². The van der Waals surface area contributed by atoms with E-state index in [1.807, 2.05) is 0 Å². The molecule has 0 aromatic heterocycles. The molecule has 2 amide bonds. The minimum absolute atomic E-state index is 0.0589. The average molecular weight is 238 g/mol. The molecule has 1 aliphatic carbocycles. The molecule has 17 heavy (non-hydrogen) atoms. The quantitative estimate of drug-likeness (QED) is 0.754. The van der Waals surface area contributed by atoms with Gasteiger partial charge in [0.1, 0.15) is 0 Å². The zero-order chi connectivity index (χ0) is 12.4. The molecule has 4 nitrogen and oxygen atoms in total. The number of nitrogens with one attached hydrogen (secondary N) is 1. The number of hydrogen-bond donors (Lipinski definition) is 1. The van der Waals surface area contributed by atoms with E-state index in [4.69, 9.17) is 0 Å². The van der Waals surface area contributed by atoms with Gasteiger partial charge >= 0.3 is 0 Å². The van der Waals surface area contributed by atoms with Gasteiger partial charge < -0.3 is 5.32 Å². The van der Waals surface area contributed by atoms with Crippen LogP contribution in [-0.4, -0.2) is 35.8 Å². The fraction of sp³-hybridized carbons (Fsp3) is 0.846. The maximum Gasteiger partial charge on any atom is 0.246 e. The lowest BCUT2D eigenvalue weighted by atomic mass is 9.82. The van der Waals surface area contributed by atoms with Crippen LogP contribution in [0.1, 0.15) is 45.4 Å². The van der Waals surface area contributed by atoms with E-state index in [1.54, 1.807) is 7.05 Å². The van der Waals surface area contributed by atoms with Gasteiger partial charge in [0.15, 0.2) is 0 Å². The molecule has 1 aliphatic heterocycles. The molecule has 4 heteroatoms. The van der Waals surface area contributed by atoms with Crippen LogP contribution in [0.2, 0.25) is 0 Å². The molecular formula is C13H22N2O2. The fourth-order valence-corrected chi connectivity index (χ4v) is 3.06. The van der Waals surface area contributed by atoms with Crippen molar-refractivity contribution < 1.29 is 9.59 Å². The topological polar surface area (TPSA) is 49.4 Å². The first-order valence-corrected chi connectivity index (χ1v) is 6.70. The maximum absolute atomic E-state index is 11.8. The number of carbonyl (C=O) groups excluding carboxylic acids is 2. The van der Waals surface area contributed by atoms with Crippen LogP contribution < -0.4 is 5.32 Å². The predicted molar refractivity (Wildman–Crippen MR) is 65.4 cm³/mol. The second-order valence-electron chi connectivity index (χ2n) is 5.27. The third-order valence-corrected chi connectivity index (χ3v) is 4.23. The van der Waals surface area contributed by atoms with Crippen LogP contribution in [0.3, 0.4) is 0 Å². The van der Waals surface area contributed by atoms with Gasteiger partial charge in [-0.05, 0) is 18.8 Å². The molecule has 2 rings (SSSR count).